The highest BCUT2D eigenvalue weighted by atomic mass is 35.5. The van der Waals surface area contributed by atoms with Crippen molar-refractivity contribution < 1.29 is 4.79 Å². The van der Waals surface area contributed by atoms with Gasteiger partial charge in [-0.1, -0.05) is 0 Å². The van der Waals surface area contributed by atoms with Crippen LogP contribution in [-0.2, 0) is 4.79 Å². The maximum atomic E-state index is 12.9. The number of nitrogens with zero attached hydrogens (tertiary/aromatic N) is 2. The van der Waals surface area contributed by atoms with Gasteiger partial charge in [-0.3, -0.25) is 4.79 Å². The van der Waals surface area contributed by atoms with Crippen LogP contribution in [0, 0.1) is 16.7 Å². The van der Waals surface area contributed by atoms with Gasteiger partial charge in [0.1, 0.15) is 0 Å². The van der Waals surface area contributed by atoms with Crippen molar-refractivity contribution in [3.05, 3.63) is 29.8 Å². The Hall–Kier alpha value is -1.57. The van der Waals surface area contributed by atoms with Crippen molar-refractivity contribution in [3.8, 4) is 6.07 Å². The summed E-state index contributed by atoms with van der Waals surface area (Å²) < 4.78 is 0. The molecule has 1 aromatic carbocycles. The number of benzene rings is 1. The minimum atomic E-state index is -0.155. The maximum Gasteiger partial charge on any atom is 0.233 e. The van der Waals surface area contributed by atoms with Crippen LogP contribution in [-0.4, -0.2) is 25.5 Å². The van der Waals surface area contributed by atoms with Crippen LogP contribution in [0.25, 0.3) is 0 Å². The first-order valence-corrected chi connectivity index (χ1v) is 7.28. The average molecular weight is 306 g/mol. The van der Waals surface area contributed by atoms with Crippen molar-refractivity contribution in [2.24, 2.45) is 5.41 Å². The SMILES string of the molecule is Cl.N#Cc1ccc(N2CCCC3(CCNCC3)C2=O)cc1. The maximum absolute atomic E-state index is 12.9. The van der Waals surface area contributed by atoms with Crippen molar-refractivity contribution >= 4 is 24.0 Å². The Morgan fingerprint density at radius 2 is 1.81 bits per heavy atom. The predicted octanol–water partition coefficient (Wildman–Crippen LogP) is 2.48. The summed E-state index contributed by atoms with van der Waals surface area (Å²) in [6, 6.07) is 9.45. The van der Waals surface area contributed by atoms with Crippen LogP contribution in [0.15, 0.2) is 24.3 Å². The van der Waals surface area contributed by atoms with Crippen LogP contribution >= 0.6 is 12.4 Å². The highest BCUT2D eigenvalue weighted by molar-refractivity contribution is 5.98. The van der Waals surface area contributed by atoms with Crippen LogP contribution in [0.1, 0.15) is 31.2 Å². The molecule has 0 radical (unpaired) electrons. The topological polar surface area (TPSA) is 56.1 Å². The lowest BCUT2D eigenvalue weighted by atomic mass is 9.72. The fraction of sp³-hybridized carbons (Fsp3) is 0.500. The van der Waals surface area contributed by atoms with E-state index in [-0.39, 0.29) is 23.7 Å². The largest absolute Gasteiger partial charge is 0.317 e. The minimum Gasteiger partial charge on any atom is -0.317 e. The number of piperidine rings is 2. The van der Waals surface area contributed by atoms with Crippen LogP contribution in [0.4, 0.5) is 5.69 Å². The van der Waals surface area contributed by atoms with E-state index in [2.05, 4.69) is 11.4 Å². The number of carbonyl (C=O) groups is 1. The van der Waals surface area contributed by atoms with Gasteiger partial charge >= 0.3 is 0 Å². The van der Waals surface area contributed by atoms with Gasteiger partial charge < -0.3 is 10.2 Å². The fourth-order valence-corrected chi connectivity index (χ4v) is 3.40. The number of halogens is 1. The highest BCUT2D eigenvalue weighted by Crippen LogP contribution is 2.40. The van der Waals surface area contributed by atoms with Gasteiger partial charge in [-0.2, -0.15) is 5.26 Å². The molecule has 0 saturated carbocycles. The standard InChI is InChI=1S/C16H19N3O.ClH/c17-12-13-2-4-14(5-3-13)19-11-1-6-16(15(19)20)7-9-18-10-8-16;/h2-5,18H,1,6-11H2;1H. The molecule has 2 heterocycles. The number of anilines is 1. The van der Waals surface area contributed by atoms with E-state index in [0.717, 1.165) is 51.0 Å². The lowest BCUT2D eigenvalue weighted by molar-refractivity contribution is -0.132. The zero-order valence-electron chi connectivity index (χ0n) is 12.0. The van der Waals surface area contributed by atoms with Crippen molar-refractivity contribution in [1.29, 1.82) is 5.26 Å². The second kappa shape index (κ2) is 6.46. The van der Waals surface area contributed by atoms with E-state index in [1.54, 1.807) is 12.1 Å². The average Bonchev–Trinajstić information content (AvgIpc) is 2.51. The summed E-state index contributed by atoms with van der Waals surface area (Å²) in [5, 5.41) is 12.2. The third kappa shape index (κ3) is 2.90. The summed E-state index contributed by atoms with van der Waals surface area (Å²) in [7, 11) is 0. The molecule has 3 rings (SSSR count). The van der Waals surface area contributed by atoms with E-state index in [1.807, 2.05) is 17.0 Å². The molecular weight excluding hydrogens is 286 g/mol. The molecule has 0 aromatic heterocycles. The van der Waals surface area contributed by atoms with Gasteiger partial charge in [-0.05, 0) is 63.0 Å². The molecule has 0 bridgehead atoms. The molecule has 2 saturated heterocycles. The fourth-order valence-electron chi connectivity index (χ4n) is 3.40. The van der Waals surface area contributed by atoms with Gasteiger partial charge in [-0.15, -0.1) is 12.4 Å². The number of amides is 1. The van der Waals surface area contributed by atoms with Gasteiger partial charge in [-0.25, -0.2) is 0 Å². The summed E-state index contributed by atoms with van der Waals surface area (Å²) in [5.41, 5.74) is 1.40. The predicted molar refractivity (Wildman–Crippen MR) is 84.5 cm³/mol. The Kier molecular flexibility index (Phi) is 4.87. The molecule has 0 unspecified atom stereocenters. The van der Waals surface area contributed by atoms with Gasteiger partial charge in [0.25, 0.3) is 0 Å². The van der Waals surface area contributed by atoms with E-state index >= 15 is 0 Å². The summed E-state index contributed by atoms with van der Waals surface area (Å²) in [4.78, 5) is 14.8. The molecule has 1 N–H and O–H groups in total. The first kappa shape index (κ1) is 15.8. The molecule has 1 amide bonds. The van der Waals surface area contributed by atoms with Crippen LogP contribution in [0.3, 0.4) is 0 Å². The van der Waals surface area contributed by atoms with Gasteiger partial charge in [0.2, 0.25) is 5.91 Å². The van der Waals surface area contributed by atoms with Crippen molar-refractivity contribution in [2.45, 2.75) is 25.7 Å². The van der Waals surface area contributed by atoms with Gasteiger partial charge in [0.15, 0.2) is 0 Å². The second-order valence-corrected chi connectivity index (χ2v) is 5.75. The number of hydrogen-bond acceptors (Lipinski definition) is 3. The molecule has 5 heteroatoms. The summed E-state index contributed by atoms with van der Waals surface area (Å²) in [6.45, 7) is 2.67. The monoisotopic (exact) mass is 305 g/mol. The normalized spacial score (nSPS) is 20.7. The lowest BCUT2D eigenvalue weighted by Gasteiger charge is -2.44. The third-order valence-electron chi connectivity index (χ3n) is 4.60. The number of hydrogen-bond donors (Lipinski definition) is 1. The summed E-state index contributed by atoms with van der Waals surface area (Å²) in [5.74, 6) is 0.273. The van der Waals surface area contributed by atoms with E-state index in [9.17, 15) is 4.79 Å². The van der Waals surface area contributed by atoms with Gasteiger partial charge in [0.05, 0.1) is 17.0 Å². The number of nitrogens with one attached hydrogen (secondary N) is 1. The minimum absolute atomic E-state index is 0. The molecule has 1 aromatic rings. The van der Waals surface area contributed by atoms with Crippen LogP contribution in [0.2, 0.25) is 0 Å². The molecule has 2 fully saturated rings. The van der Waals surface area contributed by atoms with Crippen molar-refractivity contribution in [1.82, 2.24) is 5.32 Å². The van der Waals surface area contributed by atoms with Crippen LogP contribution < -0.4 is 10.2 Å². The molecule has 112 valence electrons. The summed E-state index contributed by atoms with van der Waals surface area (Å²) >= 11 is 0. The molecule has 2 aliphatic rings. The quantitative estimate of drug-likeness (QED) is 0.867. The van der Waals surface area contributed by atoms with E-state index in [1.165, 1.54) is 0 Å². The van der Waals surface area contributed by atoms with Crippen LogP contribution in [0.5, 0.6) is 0 Å². The molecule has 2 aliphatic heterocycles. The Morgan fingerprint density at radius 1 is 1.14 bits per heavy atom. The van der Waals surface area contributed by atoms with E-state index in [0.29, 0.717) is 5.56 Å². The second-order valence-electron chi connectivity index (χ2n) is 5.75. The van der Waals surface area contributed by atoms with E-state index in [4.69, 9.17) is 5.26 Å². The van der Waals surface area contributed by atoms with E-state index < -0.39 is 0 Å². The molecule has 0 atom stereocenters. The highest BCUT2D eigenvalue weighted by Gasteiger charge is 2.44. The first-order chi connectivity index (χ1) is 9.75. The Morgan fingerprint density at radius 3 is 2.43 bits per heavy atom. The Bertz CT molecular complexity index is 538. The molecule has 4 nitrogen and oxygen atoms in total. The zero-order chi connectivity index (χ0) is 14.0. The third-order valence-corrected chi connectivity index (χ3v) is 4.60. The number of nitriles is 1. The lowest BCUT2D eigenvalue weighted by Crippen LogP contribution is -2.53. The Balaban J connectivity index is 0.00000161. The van der Waals surface area contributed by atoms with Gasteiger partial charge in [0, 0.05) is 12.2 Å². The number of carbonyl (C=O) groups excluding carboxylic acids is 1. The molecule has 1 spiro atoms. The van der Waals surface area contributed by atoms with Crippen molar-refractivity contribution in [3.63, 3.8) is 0 Å². The molecule has 21 heavy (non-hydrogen) atoms. The molecule has 0 aliphatic carbocycles. The summed E-state index contributed by atoms with van der Waals surface area (Å²) in [6.07, 6.45) is 3.96. The Labute approximate surface area is 131 Å². The smallest absolute Gasteiger partial charge is 0.233 e. The van der Waals surface area contributed by atoms with Crippen molar-refractivity contribution in [2.75, 3.05) is 24.5 Å². The first-order valence-electron chi connectivity index (χ1n) is 7.28. The molecular formula is C16H20ClN3O. The number of rotatable bonds is 1. The zero-order valence-corrected chi connectivity index (χ0v) is 12.8.